The average molecular weight is 297 g/mol. The van der Waals surface area contributed by atoms with Crippen LogP contribution in [0, 0.1) is 0 Å². The van der Waals surface area contributed by atoms with Gasteiger partial charge in [-0.05, 0) is 24.1 Å². The number of aromatic nitrogens is 3. The minimum atomic E-state index is -0.166. The zero-order chi connectivity index (χ0) is 15.4. The fourth-order valence-electron chi connectivity index (χ4n) is 2.46. The number of benzene rings is 1. The molecule has 3 rings (SSSR count). The van der Waals surface area contributed by atoms with Gasteiger partial charge in [0.15, 0.2) is 0 Å². The van der Waals surface area contributed by atoms with Crippen molar-refractivity contribution in [1.82, 2.24) is 25.4 Å². The molecule has 0 bridgehead atoms. The van der Waals surface area contributed by atoms with Gasteiger partial charge in [0.25, 0.3) is 0 Å². The van der Waals surface area contributed by atoms with E-state index in [1.165, 1.54) is 10.9 Å². The van der Waals surface area contributed by atoms with Crippen LogP contribution in [0.5, 0.6) is 0 Å². The number of para-hydroxylation sites is 1. The Morgan fingerprint density at radius 1 is 1.27 bits per heavy atom. The topological polar surface area (TPSA) is 74.7 Å². The molecule has 6 nitrogen and oxygen atoms in total. The van der Waals surface area contributed by atoms with Crippen LogP contribution in [0.4, 0.5) is 4.79 Å². The molecule has 114 valence electrons. The summed E-state index contributed by atoms with van der Waals surface area (Å²) in [6, 6.07) is 9.88. The number of nitrogens with one attached hydrogen (secondary N) is 3. The van der Waals surface area contributed by atoms with Gasteiger partial charge in [-0.3, -0.25) is 4.68 Å². The molecule has 0 aliphatic carbocycles. The van der Waals surface area contributed by atoms with Crippen LogP contribution in [0.3, 0.4) is 0 Å². The van der Waals surface area contributed by atoms with Crippen molar-refractivity contribution >= 4 is 16.9 Å². The highest BCUT2D eigenvalue weighted by Crippen LogP contribution is 2.17. The van der Waals surface area contributed by atoms with Crippen molar-refractivity contribution in [2.75, 3.05) is 6.54 Å². The number of carbonyl (C=O) groups excluding carboxylic acids is 1. The predicted octanol–water partition coefficient (Wildman–Crippen LogP) is 1.94. The third-order valence-electron chi connectivity index (χ3n) is 3.71. The van der Waals surface area contributed by atoms with Crippen molar-refractivity contribution in [3.8, 4) is 0 Å². The second-order valence-electron chi connectivity index (χ2n) is 5.17. The molecule has 1 aromatic carbocycles. The van der Waals surface area contributed by atoms with Crippen molar-refractivity contribution in [3.63, 3.8) is 0 Å². The summed E-state index contributed by atoms with van der Waals surface area (Å²) in [5, 5.41) is 11.0. The lowest BCUT2D eigenvalue weighted by Gasteiger charge is -2.07. The van der Waals surface area contributed by atoms with Crippen LogP contribution >= 0.6 is 0 Å². The number of hydrogen-bond donors (Lipinski definition) is 3. The maximum absolute atomic E-state index is 11.8. The quantitative estimate of drug-likeness (QED) is 0.673. The van der Waals surface area contributed by atoms with Gasteiger partial charge in [0.05, 0.1) is 12.2 Å². The van der Waals surface area contributed by atoms with E-state index in [1.807, 2.05) is 37.5 Å². The Kier molecular flexibility index (Phi) is 4.09. The van der Waals surface area contributed by atoms with Gasteiger partial charge in [-0.15, -0.1) is 0 Å². The van der Waals surface area contributed by atoms with E-state index < -0.39 is 0 Å². The maximum atomic E-state index is 11.8. The van der Waals surface area contributed by atoms with Gasteiger partial charge in [0.1, 0.15) is 0 Å². The van der Waals surface area contributed by atoms with Gasteiger partial charge in [-0.25, -0.2) is 4.79 Å². The minimum absolute atomic E-state index is 0.166. The Bertz CT molecular complexity index is 774. The number of aryl methyl sites for hydroxylation is 1. The standard InChI is InChI=1S/C16H19N5O/c1-21-13(7-9-20-21)11-19-16(22)17-8-6-12-10-18-15-5-3-2-4-14(12)15/h2-5,7,9-10,18H,6,8,11H2,1H3,(H2,17,19,22). The summed E-state index contributed by atoms with van der Waals surface area (Å²) < 4.78 is 1.74. The van der Waals surface area contributed by atoms with Crippen LogP contribution in [-0.4, -0.2) is 27.3 Å². The van der Waals surface area contributed by atoms with Crippen LogP contribution in [0.1, 0.15) is 11.3 Å². The summed E-state index contributed by atoms with van der Waals surface area (Å²) in [7, 11) is 1.85. The molecule has 2 aromatic heterocycles. The molecule has 0 aliphatic rings. The van der Waals surface area contributed by atoms with Crippen molar-refractivity contribution in [1.29, 1.82) is 0 Å². The molecular formula is C16H19N5O. The van der Waals surface area contributed by atoms with E-state index in [1.54, 1.807) is 10.9 Å². The van der Waals surface area contributed by atoms with E-state index >= 15 is 0 Å². The highest BCUT2D eigenvalue weighted by molar-refractivity contribution is 5.83. The van der Waals surface area contributed by atoms with Gasteiger partial charge in [0, 0.05) is 36.9 Å². The van der Waals surface area contributed by atoms with Crippen LogP contribution in [0.25, 0.3) is 10.9 Å². The number of rotatable bonds is 5. The molecule has 22 heavy (non-hydrogen) atoms. The average Bonchev–Trinajstić information content (AvgIpc) is 3.12. The fourth-order valence-corrected chi connectivity index (χ4v) is 2.46. The summed E-state index contributed by atoms with van der Waals surface area (Å²) in [6.45, 7) is 1.06. The number of hydrogen-bond acceptors (Lipinski definition) is 2. The molecule has 0 fully saturated rings. The van der Waals surface area contributed by atoms with E-state index in [0.29, 0.717) is 13.1 Å². The molecule has 3 aromatic rings. The van der Waals surface area contributed by atoms with Crippen LogP contribution in [0.2, 0.25) is 0 Å². The van der Waals surface area contributed by atoms with Gasteiger partial charge in [0.2, 0.25) is 0 Å². The Morgan fingerprint density at radius 3 is 2.95 bits per heavy atom. The smallest absolute Gasteiger partial charge is 0.315 e. The second kappa shape index (κ2) is 6.34. The van der Waals surface area contributed by atoms with Crippen molar-refractivity contribution < 1.29 is 4.79 Å². The molecule has 0 aliphatic heterocycles. The number of amides is 2. The van der Waals surface area contributed by atoms with E-state index in [0.717, 1.165) is 17.6 Å². The van der Waals surface area contributed by atoms with Crippen molar-refractivity contribution in [3.05, 3.63) is 54.0 Å². The summed E-state index contributed by atoms with van der Waals surface area (Å²) >= 11 is 0. The molecule has 2 amide bonds. The molecule has 3 N–H and O–H groups in total. The molecular weight excluding hydrogens is 278 g/mol. The molecule has 0 saturated heterocycles. The lowest BCUT2D eigenvalue weighted by molar-refractivity contribution is 0.240. The first kappa shape index (κ1) is 14.2. The van der Waals surface area contributed by atoms with E-state index in [9.17, 15) is 4.79 Å². The zero-order valence-corrected chi connectivity index (χ0v) is 12.5. The fraction of sp³-hybridized carbons (Fsp3) is 0.250. The first-order valence-corrected chi connectivity index (χ1v) is 7.27. The number of fused-ring (bicyclic) bond motifs is 1. The molecule has 0 atom stereocenters. The Labute approximate surface area is 128 Å². The highest BCUT2D eigenvalue weighted by Gasteiger charge is 2.05. The first-order chi connectivity index (χ1) is 10.7. The number of nitrogens with zero attached hydrogens (tertiary/aromatic N) is 2. The lowest BCUT2D eigenvalue weighted by Crippen LogP contribution is -2.36. The SMILES string of the molecule is Cn1nccc1CNC(=O)NCCc1c[nH]c2ccccc12. The normalized spacial score (nSPS) is 10.8. The van der Waals surface area contributed by atoms with Gasteiger partial charge >= 0.3 is 6.03 Å². The van der Waals surface area contributed by atoms with Crippen molar-refractivity contribution in [2.45, 2.75) is 13.0 Å². The maximum Gasteiger partial charge on any atom is 0.315 e. The number of urea groups is 1. The highest BCUT2D eigenvalue weighted by atomic mass is 16.2. The van der Waals surface area contributed by atoms with Crippen LogP contribution in [0.15, 0.2) is 42.7 Å². The van der Waals surface area contributed by atoms with E-state index in [4.69, 9.17) is 0 Å². The van der Waals surface area contributed by atoms with Gasteiger partial charge < -0.3 is 15.6 Å². The molecule has 0 spiro atoms. The Hall–Kier alpha value is -2.76. The Morgan fingerprint density at radius 2 is 2.14 bits per heavy atom. The third kappa shape index (κ3) is 3.11. The molecule has 0 radical (unpaired) electrons. The Balaban J connectivity index is 1.46. The molecule has 6 heteroatoms. The van der Waals surface area contributed by atoms with E-state index in [-0.39, 0.29) is 6.03 Å². The minimum Gasteiger partial charge on any atom is -0.361 e. The van der Waals surface area contributed by atoms with E-state index in [2.05, 4.69) is 26.8 Å². The molecule has 0 saturated carbocycles. The molecule has 0 unspecified atom stereocenters. The molecule has 2 heterocycles. The lowest BCUT2D eigenvalue weighted by atomic mass is 10.1. The largest absolute Gasteiger partial charge is 0.361 e. The van der Waals surface area contributed by atoms with Crippen LogP contribution in [-0.2, 0) is 20.0 Å². The number of H-pyrrole nitrogens is 1. The second-order valence-corrected chi connectivity index (χ2v) is 5.17. The third-order valence-corrected chi connectivity index (χ3v) is 3.71. The monoisotopic (exact) mass is 297 g/mol. The van der Waals surface area contributed by atoms with Crippen LogP contribution < -0.4 is 10.6 Å². The number of carbonyl (C=O) groups is 1. The summed E-state index contributed by atoms with van der Waals surface area (Å²) in [4.78, 5) is 15.0. The number of aromatic amines is 1. The van der Waals surface area contributed by atoms with Crippen molar-refractivity contribution in [2.24, 2.45) is 7.05 Å². The first-order valence-electron chi connectivity index (χ1n) is 7.27. The summed E-state index contributed by atoms with van der Waals surface area (Å²) in [5.74, 6) is 0. The van der Waals surface area contributed by atoms with Gasteiger partial charge in [-0.1, -0.05) is 18.2 Å². The van der Waals surface area contributed by atoms with Gasteiger partial charge in [-0.2, -0.15) is 5.10 Å². The zero-order valence-electron chi connectivity index (χ0n) is 12.5. The predicted molar refractivity (Wildman–Crippen MR) is 85.4 cm³/mol. The summed E-state index contributed by atoms with van der Waals surface area (Å²) in [5.41, 5.74) is 3.30. The summed E-state index contributed by atoms with van der Waals surface area (Å²) in [6.07, 6.45) is 4.51.